The zero-order chi connectivity index (χ0) is 26.7. The Hall–Kier alpha value is -3.10. The van der Waals surface area contributed by atoms with E-state index < -0.39 is 28.9 Å². The van der Waals surface area contributed by atoms with Gasteiger partial charge >= 0.3 is 0 Å². The van der Waals surface area contributed by atoms with Gasteiger partial charge in [-0.05, 0) is 87.4 Å². The third-order valence-corrected chi connectivity index (χ3v) is 9.11. The number of primary amides is 1. The number of aromatic hydroxyl groups is 1. The Labute approximate surface area is 218 Å². The maximum atomic E-state index is 13.0. The highest BCUT2D eigenvalue weighted by Crippen LogP contribution is 2.57. The Kier molecular flexibility index (Phi) is 6.23. The molecule has 0 aromatic heterocycles. The summed E-state index contributed by atoms with van der Waals surface area (Å²) in [4.78, 5) is 26.9. The molecule has 1 aromatic carbocycles. The van der Waals surface area contributed by atoms with Gasteiger partial charge < -0.3 is 26.6 Å². The number of aliphatic hydroxyl groups is 1. The molecule has 37 heavy (non-hydrogen) atoms. The van der Waals surface area contributed by atoms with Gasteiger partial charge in [-0.1, -0.05) is 12.6 Å². The van der Waals surface area contributed by atoms with E-state index in [0.717, 1.165) is 41.9 Å². The van der Waals surface area contributed by atoms with Gasteiger partial charge in [-0.3, -0.25) is 14.5 Å². The number of rotatable bonds is 6. The minimum atomic E-state index is -1.13. The van der Waals surface area contributed by atoms with Crippen LogP contribution < -0.4 is 16.4 Å². The molecule has 4 unspecified atom stereocenters. The Morgan fingerprint density at radius 2 is 2.05 bits per heavy atom. The molecule has 198 valence electrons. The van der Waals surface area contributed by atoms with Crippen LogP contribution in [-0.4, -0.2) is 57.7 Å². The molecule has 2 aliphatic carbocycles. The number of phenols is 1. The molecule has 8 heteroatoms. The molecular formula is C29H38N4O4. The van der Waals surface area contributed by atoms with Crippen molar-refractivity contribution in [3.8, 4) is 5.75 Å². The van der Waals surface area contributed by atoms with Crippen LogP contribution in [-0.2, 0) is 15.0 Å². The van der Waals surface area contributed by atoms with Crippen molar-refractivity contribution in [2.24, 2.45) is 11.7 Å². The number of benzene rings is 1. The van der Waals surface area contributed by atoms with E-state index in [2.05, 4.69) is 29.0 Å². The van der Waals surface area contributed by atoms with Crippen LogP contribution in [0.1, 0.15) is 57.1 Å². The van der Waals surface area contributed by atoms with Crippen LogP contribution in [0.5, 0.6) is 5.75 Å². The van der Waals surface area contributed by atoms with Crippen LogP contribution in [0.2, 0.25) is 0 Å². The molecule has 8 nitrogen and oxygen atoms in total. The van der Waals surface area contributed by atoms with Crippen molar-refractivity contribution in [2.75, 3.05) is 13.1 Å². The second-order valence-electron chi connectivity index (χ2n) is 11.5. The molecule has 4 atom stereocenters. The number of carbonyl (C=O) groups excluding carboxylic acids is 2. The number of dihydropyridines is 1. The van der Waals surface area contributed by atoms with E-state index in [-0.39, 0.29) is 11.8 Å². The summed E-state index contributed by atoms with van der Waals surface area (Å²) in [6.45, 7) is 11.6. The lowest BCUT2D eigenvalue weighted by molar-refractivity contribution is -0.139. The number of aryl methyl sites for hydroxylation is 1. The molecule has 1 saturated heterocycles. The maximum Gasteiger partial charge on any atom is 0.254 e. The highest BCUT2D eigenvalue weighted by molar-refractivity contribution is 6.00. The normalized spacial score (nSPS) is 30.5. The molecule has 1 aromatic rings. The molecule has 6 N–H and O–H groups in total. The topological polar surface area (TPSA) is 128 Å². The quantitative estimate of drug-likeness (QED) is 0.403. The average molecular weight is 507 g/mol. The molecule has 0 bridgehead atoms. The van der Waals surface area contributed by atoms with Crippen molar-refractivity contribution in [1.29, 1.82) is 0 Å². The van der Waals surface area contributed by atoms with E-state index in [1.165, 1.54) is 19.8 Å². The number of amides is 2. The van der Waals surface area contributed by atoms with Crippen LogP contribution in [0.15, 0.2) is 53.4 Å². The number of carbonyl (C=O) groups is 2. The number of fused-ring (bicyclic) bond motifs is 1. The van der Waals surface area contributed by atoms with E-state index in [1.807, 2.05) is 19.1 Å². The molecule has 0 radical (unpaired) electrons. The third-order valence-electron chi connectivity index (χ3n) is 9.11. The van der Waals surface area contributed by atoms with Crippen LogP contribution in [0.4, 0.5) is 0 Å². The summed E-state index contributed by atoms with van der Waals surface area (Å²) < 4.78 is 0. The van der Waals surface area contributed by atoms with Crippen LogP contribution in [0, 0.1) is 12.8 Å². The first-order chi connectivity index (χ1) is 17.4. The number of nitrogens with one attached hydrogen (secondary N) is 2. The summed E-state index contributed by atoms with van der Waals surface area (Å²) in [5.41, 5.74) is 8.15. The zero-order valence-corrected chi connectivity index (χ0v) is 21.9. The Morgan fingerprint density at radius 3 is 2.73 bits per heavy atom. The van der Waals surface area contributed by atoms with Crippen LogP contribution >= 0.6 is 0 Å². The van der Waals surface area contributed by atoms with E-state index in [4.69, 9.17) is 5.73 Å². The van der Waals surface area contributed by atoms with Gasteiger partial charge in [0.05, 0.1) is 11.2 Å². The van der Waals surface area contributed by atoms with Crippen molar-refractivity contribution in [3.05, 3.63) is 64.5 Å². The summed E-state index contributed by atoms with van der Waals surface area (Å²) in [7, 11) is 0. The standard InChI is InChI=1S/C29H38N4O4/c1-16-5-8-22(34)12-24(16)28-9-10-33(15-20-6-7-20)19(4)29(28,37)13-21-11-23(17(2)31-25(21)14-28)27(36)32-18(3)26(30)35/h5,8,11-12,18-20,31,34,37H,2,6-7,9-10,13-15H2,1,3-4H3,(H2,30,35)(H,32,36). The number of nitrogens with two attached hydrogens (primary N) is 1. The van der Waals surface area contributed by atoms with Crippen molar-refractivity contribution >= 4 is 11.8 Å². The Morgan fingerprint density at radius 1 is 1.32 bits per heavy atom. The van der Waals surface area contributed by atoms with Gasteiger partial charge in [0.25, 0.3) is 5.91 Å². The number of hydrogen-bond donors (Lipinski definition) is 5. The third kappa shape index (κ3) is 4.26. The van der Waals surface area contributed by atoms with Crippen molar-refractivity contribution < 1.29 is 19.8 Å². The summed E-state index contributed by atoms with van der Waals surface area (Å²) in [5.74, 6) is -0.168. The van der Waals surface area contributed by atoms with Gasteiger partial charge in [0.2, 0.25) is 5.91 Å². The largest absolute Gasteiger partial charge is 0.508 e. The minimum Gasteiger partial charge on any atom is -0.508 e. The molecule has 2 amide bonds. The molecule has 2 heterocycles. The van der Waals surface area contributed by atoms with Gasteiger partial charge in [0.15, 0.2) is 0 Å². The number of allylic oxidation sites excluding steroid dienone is 2. The van der Waals surface area contributed by atoms with Gasteiger partial charge in [-0.15, -0.1) is 0 Å². The van der Waals surface area contributed by atoms with E-state index in [0.29, 0.717) is 30.0 Å². The SMILES string of the molecule is C=C1NC2=C(C=C1C(=O)NC(C)C(N)=O)CC1(O)C(C)N(CC3CC3)CCC1(c1cc(O)ccc1C)C2. The molecule has 1 saturated carbocycles. The van der Waals surface area contributed by atoms with Crippen LogP contribution in [0.25, 0.3) is 0 Å². The smallest absolute Gasteiger partial charge is 0.254 e. The second kappa shape index (κ2) is 9.03. The zero-order valence-electron chi connectivity index (χ0n) is 21.9. The Balaban J connectivity index is 1.58. The van der Waals surface area contributed by atoms with Crippen molar-refractivity contribution in [3.63, 3.8) is 0 Å². The Bertz CT molecular complexity index is 1230. The first-order valence-electron chi connectivity index (χ1n) is 13.2. The van der Waals surface area contributed by atoms with E-state index in [1.54, 1.807) is 12.1 Å². The average Bonchev–Trinajstić information content (AvgIpc) is 3.66. The minimum absolute atomic E-state index is 0.122. The molecular weight excluding hydrogens is 468 g/mol. The summed E-state index contributed by atoms with van der Waals surface area (Å²) in [5, 5.41) is 29.2. The summed E-state index contributed by atoms with van der Waals surface area (Å²) in [6, 6.07) is 4.48. The number of hydrogen-bond acceptors (Lipinski definition) is 6. The lowest BCUT2D eigenvalue weighted by Crippen LogP contribution is -2.69. The number of likely N-dealkylation sites (tertiary alicyclic amines) is 1. The number of phenolic OH excluding ortho intramolecular Hbond substituents is 1. The van der Waals surface area contributed by atoms with Crippen LogP contribution in [0.3, 0.4) is 0 Å². The highest BCUT2D eigenvalue weighted by atomic mass is 16.3. The monoisotopic (exact) mass is 506 g/mol. The van der Waals surface area contributed by atoms with Crippen molar-refractivity contribution in [1.82, 2.24) is 15.5 Å². The second-order valence-corrected chi connectivity index (χ2v) is 11.5. The van der Waals surface area contributed by atoms with E-state index >= 15 is 0 Å². The van der Waals surface area contributed by atoms with Gasteiger partial charge in [-0.2, -0.15) is 0 Å². The maximum absolute atomic E-state index is 13.0. The predicted octanol–water partition coefficient (Wildman–Crippen LogP) is 2.25. The summed E-state index contributed by atoms with van der Waals surface area (Å²) >= 11 is 0. The molecule has 2 aliphatic heterocycles. The fourth-order valence-corrected chi connectivity index (χ4v) is 6.61. The molecule has 4 aliphatic rings. The fourth-order valence-electron chi connectivity index (χ4n) is 6.61. The number of piperidine rings is 1. The first kappa shape index (κ1) is 25.5. The highest BCUT2D eigenvalue weighted by Gasteiger charge is 2.61. The summed E-state index contributed by atoms with van der Waals surface area (Å²) in [6.07, 6.45) is 5.91. The molecule has 2 fully saturated rings. The van der Waals surface area contributed by atoms with Gasteiger partial charge in [0, 0.05) is 42.2 Å². The lowest BCUT2D eigenvalue weighted by atomic mass is 9.52. The predicted molar refractivity (Wildman–Crippen MR) is 141 cm³/mol. The first-order valence-corrected chi connectivity index (χ1v) is 13.2. The van der Waals surface area contributed by atoms with Gasteiger partial charge in [0.1, 0.15) is 11.8 Å². The molecule has 5 rings (SSSR count). The van der Waals surface area contributed by atoms with E-state index in [9.17, 15) is 19.8 Å². The molecule has 0 spiro atoms. The van der Waals surface area contributed by atoms with Gasteiger partial charge in [-0.25, -0.2) is 0 Å². The van der Waals surface area contributed by atoms with Crippen molar-refractivity contribution in [2.45, 2.75) is 76.0 Å². The lowest BCUT2D eigenvalue weighted by Gasteiger charge is -2.61. The fraction of sp³-hybridized carbons (Fsp3) is 0.517. The number of nitrogens with zero attached hydrogens (tertiary/aromatic N) is 1.